The summed E-state index contributed by atoms with van der Waals surface area (Å²) in [5.74, 6) is 0. The number of hydrogen-bond acceptors (Lipinski definition) is 7. The van der Waals surface area contributed by atoms with Gasteiger partial charge in [0.1, 0.15) is 12.2 Å². The van der Waals surface area contributed by atoms with Crippen LogP contribution in [0, 0.1) is 20.2 Å². The van der Waals surface area contributed by atoms with Crippen molar-refractivity contribution in [3.05, 3.63) is 32.4 Å². The summed E-state index contributed by atoms with van der Waals surface area (Å²) < 4.78 is 0. The number of nitro groups is 2. The van der Waals surface area contributed by atoms with Crippen LogP contribution in [-0.4, -0.2) is 50.6 Å². The molecule has 4 unspecified atom stereocenters. The maximum absolute atomic E-state index is 11.2. The molecule has 0 aromatic heterocycles. The molecule has 27 heavy (non-hydrogen) atoms. The lowest BCUT2D eigenvalue weighted by atomic mass is 9.96. The molecule has 0 spiro atoms. The van der Waals surface area contributed by atoms with Gasteiger partial charge in [-0.1, -0.05) is 38.3 Å². The van der Waals surface area contributed by atoms with Crippen LogP contribution in [0.1, 0.15) is 71.1 Å². The van der Waals surface area contributed by atoms with Crippen LogP contribution in [0.5, 0.6) is 0 Å². The number of nitrogens with zero attached hydrogens (tertiary/aromatic N) is 2. The predicted molar refractivity (Wildman–Crippen MR) is 100 cm³/mol. The van der Waals surface area contributed by atoms with E-state index in [1.165, 1.54) is 0 Å². The normalized spacial score (nSPS) is 16.0. The molecule has 0 aliphatic rings. The van der Waals surface area contributed by atoms with E-state index >= 15 is 0 Å². The zero-order valence-corrected chi connectivity index (χ0v) is 15.9. The first kappa shape index (κ1) is 25.1. The molecule has 0 aromatic carbocycles. The molecule has 2 N–H and O–H groups in total. The molecule has 0 rings (SSSR count). The van der Waals surface area contributed by atoms with Crippen molar-refractivity contribution in [2.45, 2.75) is 95.4 Å². The number of aliphatic hydroxyl groups is 2. The van der Waals surface area contributed by atoms with Crippen molar-refractivity contribution in [1.82, 2.24) is 0 Å². The summed E-state index contributed by atoms with van der Waals surface area (Å²) in [7, 11) is 0. The average molecular weight is 387 g/mol. The van der Waals surface area contributed by atoms with Gasteiger partial charge in [0.05, 0.1) is 6.42 Å². The van der Waals surface area contributed by atoms with Gasteiger partial charge in [0.15, 0.2) is 6.29 Å². The second kappa shape index (κ2) is 15.2. The Morgan fingerprint density at radius 1 is 0.926 bits per heavy atom. The molecular formula is C18H31N2O7. The van der Waals surface area contributed by atoms with Crippen molar-refractivity contribution in [2.24, 2.45) is 0 Å². The van der Waals surface area contributed by atoms with E-state index in [1.54, 1.807) is 13.0 Å². The maximum atomic E-state index is 11.2. The summed E-state index contributed by atoms with van der Waals surface area (Å²) in [5.41, 5.74) is 0. The van der Waals surface area contributed by atoms with Crippen molar-refractivity contribution in [2.75, 3.05) is 0 Å². The maximum Gasteiger partial charge on any atom is 0.245 e. The summed E-state index contributed by atoms with van der Waals surface area (Å²) in [6.45, 7) is 1.56. The van der Waals surface area contributed by atoms with Crippen LogP contribution in [0.4, 0.5) is 0 Å². The zero-order chi connectivity index (χ0) is 20.7. The van der Waals surface area contributed by atoms with Gasteiger partial charge in [-0.15, -0.1) is 0 Å². The summed E-state index contributed by atoms with van der Waals surface area (Å²) in [6, 6.07) is -2.97. The number of hydrogen-bond donors (Lipinski definition) is 2. The molecule has 0 aromatic rings. The smallest absolute Gasteiger partial charge is 0.245 e. The van der Waals surface area contributed by atoms with E-state index in [9.17, 15) is 35.2 Å². The number of carbonyl (C=O) groups excluding carboxylic acids is 1. The molecule has 155 valence electrons. The quantitative estimate of drug-likeness (QED) is 0.169. The average Bonchev–Trinajstić information content (AvgIpc) is 2.62. The van der Waals surface area contributed by atoms with Gasteiger partial charge in [-0.3, -0.25) is 25.0 Å². The van der Waals surface area contributed by atoms with Gasteiger partial charge in [-0.05, 0) is 32.1 Å². The summed E-state index contributed by atoms with van der Waals surface area (Å²) in [5, 5.41) is 42.0. The number of rotatable bonds is 17. The Labute approximate surface area is 159 Å². The summed E-state index contributed by atoms with van der Waals surface area (Å²) in [6.07, 6.45) is 8.45. The lowest BCUT2D eigenvalue weighted by Crippen LogP contribution is -2.43. The molecule has 0 heterocycles. The first-order valence-corrected chi connectivity index (χ1v) is 9.48. The fraction of sp³-hybridized carbons (Fsp3) is 0.833. The topological polar surface area (TPSA) is 144 Å². The van der Waals surface area contributed by atoms with Crippen molar-refractivity contribution >= 4 is 6.29 Å². The molecule has 0 saturated carbocycles. The lowest BCUT2D eigenvalue weighted by molar-refractivity contribution is -0.573. The SMILES string of the molecule is CCC(O)C(CC(C(O)C/C=C\CCCCCCC[C]=O)[N+](=O)[O-])[N+](=O)[O-]. The highest BCUT2D eigenvalue weighted by molar-refractivity contribution is 5.50. The molecule has 4 atom stereocenters. The van der Waals surface area contributed by atoms with Crippen LogP contribution in [0.15, 0.2) is 12.2 Å². The third kappa shape index (κ3) is 11.4. The Kier molecular flexibility index (Phi) is 14.2. The van der Waals surface area contributed by atoms with Gasteiger partial charge < -0.3 is 10.2 Å². The standard InChI is InChI=1S/C18H31N2O7/c1-2-17(22)15(19(24)25)14-16(20(26)27)18(23)12-10-8-6-4-3-5-7-9-11-13-21/h8,10,15-18,22-23H,2-7,9,11-12,14H2,1H3/b10-8-. The molecule has 9 heteroatoms. The Hall–Kier alpha value is -1.87. The summed E-state index contributed by atoms with van der Waals surface area (Å²) in [4.78, 5) is 30.8. The molecular weight excluding hydrogens is 356 g/mol. The summed E-state index contributed by atoms with van der Waals surface area (Å²) >= 11 is 0. The molecule has 0 saturated heterocycles. The fourth-order valence-electron chi connectivity index (χ4n) is 2.79. The van der Waals surface area contributed by atoms with Gasteiger partial charge in [0.25, 0.3) is 0 Å². The second-order valence-corrected chi connectivity index (χ2v) is 6.64. The van der Waals surface area contributed by atoms with E-state index in [0.717, 1.165) is 38.5 Å². The first-order valence-electron chi connectivity index (χ1n) is 9.48. The lowest BCUT2D eigenvalue weighted by Gasteiger charge is -2.19. The first-order chi connectivity index (χ1) is 12.8. The monoisotopic (exact) mass is 387 g/mol. The van der Waals surface area contributed by atoms with E-state index in [0.29, 0.717) is 6.42 Å². The minimum Gasteiger partial charge on any atom is -0.386 e. The van der Waals surface area contributed by atoms with Crippen LogP contribution in [-0.2, 0) is 4.79 Å². The molecule has 0 aliphatic carbocycles. The Morgan fingerprint density at radius 2 is 1.48 bits per heavy atom. The highest BCUT2D eigenvalue weighted by Crippen LogP contribution is 2.17. The van der Waals surface area contributed by atoms with Crippen LogP contribution < -0.4 is 0 Å². The van der Waals surface area contributed by atoms with Crippen molar-refractivity contribution in [3.63, 3.8) is 0 Å². The van der Waals surface area contributed by atoms with E-state index in [4.69, 9.17) is 0 Å². The van der Waals surface area contributed by atoms with Gasteiger partial charge in [0.2, 0.25) is 12.1 Å². The van der Waals surface area contributed by atoms with Gasteiger partial charge >= 0.3 is 0 Å². The molecule has 1 radical (unpaired) electrons. The van der Waals surface area contributed by atoms with E-state index in [-0.39, 0.29) is 12.8 Å². The molecule has 0 bridgehead atoms. The van der Waals surface area contributed by atoms with Gasteiger partial charge in [-0.2, -0.15) is 0 Å². The largest absolute Gasteiger partial charge is 0.386 e. The number of unbranched alkanes of at least 4 members (excludes halogenated alkanes) is 6. The zero-order valence-electron chi connectivity index (χ0n) is 15.9. The van der Waals surface area contributed by atoms with E-state index < -0.39 is 40.6 Å². The Balaban J connectivity index is 4.32. The number of aliphatic hydroxyl groups excluding tert-OH is 2. The van der Waals surface area contributed by atoms with Crippen LogP contribution in [0.3, 0.4) is 0 Å². The minimum atomic E-state index is -1.50. The predicted octanol–water partition coefficient (Wildman–Crippen LogP) is 2.59. The second-order valence-electron chi connectivity index (χ2n) is 6.64. The molecule has 0 aliphatic heterocycles. The van der Waals surface area contributed by atoms with Gasteiger partial charge in [0, 0.05) is 16.3 Å². The van der Waals surface area contributed by atoms with Crippen LogP contribution in [0.25, 0.3) is 0 Å². The van der Waals surface area contributed by atoms with Gasteiger partial charge in [-0.25, -0.2) is 0 Å². The third-order valence-corrected chi connectivity index (χ3v) is 4.53. The fourth-order valence-corrected chi connectivity index (χ4v) is 2.79. The third-order valence-electron chi connectivity index (χ3n) is 4.53. The van der Waals surface area contributed by atoms with E-state index in [2.05, 4.69) is 0 Å². The van der Waals surface area contributed by atoms with Crippen molar-refractivity contribution < 1.29 is 24.9 Å². The highest BCUT2D eigenvalue weighted by Gasteiger charge is 2.40. The molecule has 0 fully saturated rings. The highest BCUT2D eigenvalue weighted by atomic mass is 16.6. The molecule has 0 amide bonds. The van der Waals surface area contributed by atoms with Crippen LogP contribution in [0.2, 0.25) is 0 Å². The number of allylic oxidation sites excluding steroid dienone is 1. The van der Waals surface area contributed by atoms with E-state index in [1.807, 2.05) is 12.4 Å². The van der Waals surface area contributed by atoms with Crippen molar-refractivity contribution in [3.8, 4) is 0 Å². The Bertz CT molecular complexity index is 471. The van der Waals surface area contributed by atoms with Crippen molar-refractivity contribution in [1.29, 1.82) is 0 Å². The van der Waals surface area contributed by atoms with Crippen LogP contribution >= 0.6 is 0 Å². The minimum absolute atomic E-state index is 0.0352. The Morgan fingerprint density at radius 3 is 2.04 bits per heavy atom. The molecule has 9 nitrogen and oxygen atoms in total.